The molecule has 0 aliphatic carbocycles. The van der Waals surface area contributed by atoms with Gasteiger partial charge in [0.05, 0.1) is 5.92 Å². The number of ether oxygens (including phenoxy) is 1. The van der Waals surface area contributed by atoms with E-state index in [9.17, 15) is 4.79 Å². The van der Waals surface area contributed by atoms with Crippen molar-refractivity contribution in [2.45, 2.75) is 12.8 Å². The number of carbonyl (C=O) groups is 1. The molecule has 0 radical (unpaired) electrons. The maximum atomic E-state index is 11.2. The molecule has 1 heterocycles. The SMILES string of the molecule is C#CCOC(=O)C1CCCNC1. The number of hydrogen-bond acceptors (Lipinski definition) is 3. The van der Waals surface area contributed by atoms with Crippen LogP contribution in [-0.2, 0) is 9.53 Å². The van der Waals surface area contributed by atoms with Crippen LogP contribution in [0.5, 0.6) is 0 Å². The summed E-state index contributed by atoms with van der Waals surface area (Å²) in [5.41, 5.74) is 0. The van der Waals surface area contributed by atoms with Crippen molar-refractivity contribution in [2.75, 3.05) is 19.7 Å². The van der Waals surface area contributed by atoms with E-state index in [0.29, 0.717) is 0 Å². The van der Waals surface area contributed by atoms with Crippen molar-refractivity contribution in [1.82, 2.24) is 5.32 Å². The molecule has 3 heteroatoms. The van der Waals surface area contributed by atoms with Gasteiger partial charge in [-0.15, -0.1) is 6.42 Å². The van der Waals surface area contributed by atoms with Gasteiger partial charge in [-0.3, -0.25) is 4.79 Å². The minimum atomic E-state index is -0.167. The Balaban J connectivity index is 2.26. The van der Waals surface area contributed by atoms with Crippen LogP contribution in [0.15, 0.2) is 0 Å². The van der Waals surface area contributed by atoms with Crippen molar-refractivity contribution >= 4 is 5.97 Å². The second-order valence-corrected chi connectivity index (χ2v) is 2.86. The van der Waals surface area contributed by atoms with Gasteiger partial charge in [0.1, 0.15) is 0 Å². The molecule has 1 atom stereocenters. The van der Waals surface area contributed by atoms with Crippen LogP contribution < -0.4 is 5.32 Å². The predicted octanol–water partition coefficient (Wildman–Crippen LogP) is 0.162. The summed E-state index contributed by atoms with van der Waals surface area (Å²) in [7, 11) is 0. The van der Waals surface area contributed by atoms with Gasteiger partial charge in [0.15, 0.2) is 6.61 Å². The molecule has 0 aromatic heterocycles. The molecule has 0 bridgehead atoms. The molecule has 12 heavy (non-hydrogen) atoms. The van der Waals surface area contributed by atoms with Gasteiger partial charge < -0.3 is 10.1 Å². The minimum absolute atomic E-state index is 0.00657. The lowest BCUT2D eigenvalue weighted by Gasteiger charge is -2.20. The Kier molecular flexibility index (Phi) is 3.62. The van der Waals surface area contributed by atoms with Gasteiger partial charge in [-0.1, -0.05) is 5.92 Å². The molecule has 1 fully saturated rings. The van der Waals surface area contributed by atoms with Crippen LogP contribution in [-0.4, -0.2) is 25.7 Å². The quantitative estimate of drug-likeness (QED) is 0.470. The number of piperidine rings is 1. The molecule has 1 unspecified atom stereocenters. The van der Waals surface area contributed by atoms with E-state index in [-0.39, 0.29) is 18.5 Å². The van der Waals surface area contributed by atoms with Crippen LogP contribution in [0, 0.1) is 18.3 Å². The molecule has 0 saturated carbocycles. The number of hydrogen-bond donors (Lipinski definition) is 1. The lowest BCUT2D eigenvalue weighted by molar-refractivity contribution is -0.147. The molecule has 1 aliphatic rings. The normalized spacial score (nSPS) is 22.8. The Morgan fingerprint density at radius 2 is 2.58 bits per heavy atom. The standard InChI is InChI=1S/C9H13NO2/c1-2-6-12-9(11)8-4-3-5-10-7-8/h1,8,10H,3-7H2. The molecule has 1 N–H and O–H groups in total. The zero-order valence-electron chi connectivity index (χ0n) is 7.01. The summed E-state index contributed by atoms with van der Waals surface area (Å²) in [5.74, 6) is 2.11. The van der Waals surface area contributed by atoms with Crippen molar-refractivity contribution < 1.29 is 9.53 Å². The van der Waals surface area contributed by atoms with Crippen LogP contribution in [0.3, 0.4) is 0 Å². The smallest absolute Gasteiger partial charge is 0.311 e. The Bertz CT molecular complexity index is 189. The first-order valence-corrected chi connectivity index (χ1v) is 4.15. The first-order chi connectivity index (χ1) is 5.84. The molecule has 0 aromatic carbocycles. The Hall–Kier alpha value is -1.01. The van der Waals surface area contributed by atoms with Gasteiger partial charge in [-0.25, -0.2) is 0 Å². The third-order valence-electron chi connectivity index (χ3n) is 1.93. The number of carbonyl (C=O) groups excluding carboxylic acids is 1. The maximum absolute atomic E-state index is 11.2. The van der Waals surface area contributed by atoms with E-state index in [1.54, 1.807) is 0 Å². The van der Waals surface area contributed by atoms with Gasteiger partial charge in [0, 0.05) is 6.54 Å². The topological polar surface area (TPSA) is 38.3 Å². The summed E-state index contributed by atoms with van der Waals surface area (Å²) >= 11 is 0. The molecule has 1 saturated heterocycles. The molecular weight excluding hydrogens is 154 g/mol. The fraction of sp³-hybridized carbons (Fsp3) is 0.667. The summed E-state index contributed by atoms with van der Waals surface area (Å²) in [6.45, 7) is 1.82. The first-order valence-electron chi connectivity index (χ1n) is 4.15. The predicted molar refractivity (Wildman–Crippen MR) is 45.4 cm³/mol. The Labute approximate surface area is 72.5 Å². The van der Waals surface area contributed by atoms with Crippen molar-refractivity contribution in [2.24, 2.45) is 5.92 Å². The van der Waals surface area contributed by atoms with E-state index in [1.165, 1.54) is 0 Å². The van der Waals surface area contributed by atoms with Gasteiger partial charge in [0.2, 0.25) is 0 Å². The third kappa shape index (κ3) is 2.55. The zero-order chi connectivity index (χ0) is 8.81. The molecular formula is C9H13NO2. The molecule has 0 amide bonds. The third-order valence-corrected chi connectivity index (χ3v) is 1.93. The molecule has 3 nitrogen and oxygen atoms in total. The summed E-state index contributed by atoms with van der Waals surface area (Å²) in [4.78, 5) is 11.2. The fourth-order valence-corrected chi connectivity index (χ4v) is 1.28. The van der Waals surface area contributed by atoms with E-state index in [0.717, 1.165) is 25.9 Å². The van der Waals surface area contributed by atoms with E-state index in [4.69, 9.17) is 11.2 Å². The highest BCUT2D eigenvalue weighted by Crippen LogP contribution is 2.11. The number of nitrogens with one attached hydrogen (secondary N) is 1. The number of terminal acetylenes is 1. The number of esters is 1. The van der Waals surface area contributed by atoms with Crippen molar-refractivity contribution in [1.29, 1.82) is 0 Å². The molecule has 66 valence electrons. The second kappa shape index (κ2) is 4.78. The summed E-state index contributed by atoms with van der Waals surface area (Å²) in [6.07, 6.45) is 6.91. The van der Waals surface area contributed by atoms with E-state index < -0.39 is 0 Å². The summed E-state index contributed by atoms with van der Waals surface area (Å²) in [6, 6.07) is 0. The monoisotopic (exact) mass is 167 g/mol. The van der Waals surface area contributed by atoms with E-state index in [2.05, 4.69) is 11.2 Å². The van der Waals surface area contributed by atoms with Crippen LogP contribution >= 0.6 is 0 Å². The molecule has 0 aromatic rings. The highest BCUT2D eigenvalue weighted by molar-refractivity contribution is 5.72. The van der Waals surface area contributed by atoms with Gasteiger partial charge in [-0.2, -0.15) is 0 Å². The van der Waals surface area contributed by atoms with Crippen molar-refractivity contribution in [3.8, 4) is 12.3 Å². The van der Waals surface area contributed by atoms with Crippen LogP contribution in [0.4, 0.5) is 0 Å². The van der Waals surface area contributed by atoms with Crippen LogP contribution in [0.1, 0.15) is 12.8 Å². The van der Waals surface area contributed by atoms with Crippen LogP contribution in [0.2, 0.25) is 0 Å². The number of rotatable bonds is 2. The van der Waals surface area contributed by atoms with Gasteiger partial charge >= 0.3 is 5.97 Å². The van der Waals surface area contributed by atoms with E-state index in [1.807, 2.05) is 0 Å². The molecule has 1 aliphatic heterocycles. The molecule has 1 rings (SSSR count). The summed E-state index contributed by atoms with van der Waals surface area (Å²) in [5, 5.41) is 3.14. The average molecular weight is 167 g/mol. The minimum Gasteiger partial charge on any atom is -0.452 e. The van der Waals surface area contributed by atoms with Crippen LogP contribution in [0.25, 0.3) is 0 Å². The van der Waals surface area contributed by atoms with Gasteiger partial charge in [-0.05, 0) is 19.4 Å². The summed E-state index contributed by atoms with van der Waals surface area (Å²) < 4.78 is 4.82. The van der Waals surface area contributed by atoms with E-state index >= 15 is 0 Å². The van der Waals surface area contributed by atoms with Gasteiger partial charge in [0.25, 0.3) is 0 Å². The second-order valence-electron chi connectivity index (χ2n) is 2.86. The lowest BCUT2D eigenvalue weighted by Crippen LogP contribution is -2.35. The highest BCUT2D eigenvalue weighted by atomic mass is 16.5. The fourth-order valence-electron chi connectivity index (χ4n) is 1.28. The lowest BCUT2D eigenvalue weighted by atomic mass is 10.0. The maximum Gasteiger partial charge on any atom is 0.311 e. The Morgan fingerprint density at radius 3 is 3.17 bits per heavy atom. The van der Waals surface area contributed by atoms with Crippen molar-refractivity contribution in [3.05, 3.63) is 0 Å². The first kappa shape index (κ1) is 9.08. The highest BCUT2D eigenvalue weighted by Gasteiger charge is 2.21. The van der Waals surface area contributed by atoms with Crippen molar-refractivity contribution in [3.63, 3.8) is 0 Å². The average Bonchev–Trinajstić information content (AvgIpc) is 2.15. The largest absolute Gasteiger partial charge is 0.452 e. The zero-order valence-corrected chi connectivity index (χ0v) is 7.01. The molecule has 0 spiro atoms. The Morgan fingerprint density at radius 1 is 1.75 bits per heavy atom.